The van der Waals surface area contributed by atoms with Gasteiger partial charge in [0.05, 0.1) is 11.7 Å². The van der Waals surface area contributed by atoms with E-state index >= 15 is 0 Å². The highest BCUT2D eigenvalue weighted by atomic mass is 16.5. The number of carbonyl (C=O) groups is 2. The third kappa shape index (κ3) is 4.67. The number of carbonyl (C=O) groups excluding carboxylic acids is 2. The van der Waals surface area contributed by atoms with Crippen molar-refractivity contribution in [1.82, 2.24) is 4.90 Å². The average Bonchev–Trinajstić information content (AvgIpc) is 2.67. The van der Waals surface area contributed by atoms with Crippen LogP contribution < -0.4 is 4.74 Å². The first-order chi connectivity index (χ1) is 12.9. The van der Waals surface area contributed by atoms with Gasteiger partial charge in [-0.15, -0.1) is 0 Å². The highest BCUT2D eigenvalue weighted by Gasteiger charge is 2.27. The third-order valence-corrected chi connectivity index (χ3v) is 4.54. The van der Waals surface area contributed by atoms with Crippen molar-refractivity contribution < 1.29 is 19.1 Å². The molecule has 0 spiro atoms. The Bertz CT molecular complexity index is 813. The van der Waals surface area contributed by atoms with E-state index in [1.807, 2.05) is 32.0 Å². The zero-order valence-corrected chi connectivity index (χ0v) is 16.0. The smallest absolute Gasteiger partial charge is 0.338 e. The minimum atomic E-state index is -0.825. The summed E-state index contributed by atoms with van der Waals surface area (Å²) >= 11 is 0. The number of fused-ring (bicyclic) bond motifs is 1. The number of amides is 1. The second kappa shape index (κ2) is 8.25. The summed E-state index contributed by atoms with van der Waals surface area (Å²) < 4.78 is 11.0. The van der Waals surface area contributed by atoms with E-state index < -0.39 is 12.1 Å². The predicted octanol–water partition coefficient (Wildman–Crippen LogP) is 3.60. The number of rotatable bonds is 5. The number of ether oxygens (including phenoxy) is 2. The Morgan fingerprint density at radius 2 is 1.63 bits per heavy atom. The van der Waals surface area contributed by atoms with E-state index in [1.54, 1.807) is 36.1 Å². The molecule has 0 radical (unpaired) electrons. The molecule has 1 atom stereocenters. The standard InChI is InChI=1S/C22H25NO4/c1-15(2)26-20-10-8-18(9-11-20)22(25)27-16(3)21(24)23-13-12-17-6-4-5-7-19(17)14-23/h4-11,15-16H,12-14H2,1-3H3/t16-/m1/s1. The van der Waals surface area contributed by atoms with E-state index in [9.17, 15) is 9.59 Å². The fourth-order valence-corrected chi connectivity index (χ4v) is 3.16. The van der Waals surface area contributed by atoms with Crippen LogP contribution in [0.5, 0.6) is 5.75 Å². The minimum absolute atomic E-state index is 0.0649. The minimum Gasteiger partial charge on any atom is -0.491 e. The Hall–Kier alpha value is -2.82. The summed E-state index contributed by atoms with van der Waals surface area (Å²) in [4.78, 5) is 26.8. The Kier molecular flexibility index (Phi) is 5.79. The lowest BCUT2D eigenvalue weighted by atomic mass is 9.99. The van der Waals surface area contributed by atoms with Gasteiger partial charge in [0.15, 0.2) is 6.10 Å². The lowest BCUT2D eigenvalue weighted by Crippen LogP contribution is -2.42. The lowest BCUT2D eigenvalue weighted by molar-refractivity contribution is -0.140. The maximum absolute atomic E-state index is 12.7. The molecule has 1 heterocycles. The molecule has 0 saturated heterocycles. The van der Waals surface area contributed by atoms with E-state index in [1.165, 1.54) is 5.56 Å². The van der Waals surface area contributed by atoms with Crippen LogP contribution in [0.4, 0.5) is 0 Å². The Balaban J connectivity index is 1.59. The van der Waals surface area contributed by atoms with Crippen LogP contribution in [0.15, 0.2) is 48.5 Å². The summed E-state index contributed by atoms with van der Waals surface area (Å²) in [6, 6.07) is 14.9. The SMILES string of the molecule is CC(C)Oc1ccc(C(=O)O[C@H](C)C(=O)N2CCc3ccccc3C2)cc1. The maximum atomic E-state index is 12.7. The van der Waals surface area contributed by atoms with E-state index in [4.69, 9.17) is 9.47 Å². The molecule has 0 unspecified atom stereocenters. The van der Waals surface area contributed by atoms with Gasteiger partial charge < -0.3 is 14.4 Å². The van der Waals surface area contributed by atoms with Crippen LogP contribution in [0.1, 0.15) is 42.3 Å². The van der Waals surface area contributed by atoms with Crippen molar-refractivity contribution in [2.24, 2.45) is 0 Å². The zero-order chi connectivity index (χ0) is 19.4. The van der Waals surface area contributed by atoms with Crippen LogP contribution >= 0.6 is 0 Å². The van der Waals surface area contributed by atoms with Crippen LogP contribution in [0.3, 0.4) is 0 Å². The number of hydrogen-bond donors (Lipinski definition) is 0. The Labute approximate surface area is 159 Å². The van der Waals surface area contributed by atoms with Crippen molar-refractivity contribution in [3.8, 4) is 5.75 Å². The molecule has 1 amide bonds. The molecule has 0 aliphatic carbocycles. The molecule has 2 aromatic carbocycles. The molecule has 2 aromatic rings. The van der Waals surface area contributed by atoms with E-state index in [-0.39, 0.29) is 12.0 Å². The van der Waals surface area contributed by atoms with Crippen molar-refractivity contribution in [3.63, 3.8) is 0 Å². The second-order valence-corrected chi connectivity index (χ2v) is 7.02. The monoisotopic (exact) mass is 367 g/mol. The molecule has 1 aliphatic heterocycles. The summed E-state index contributed by atoms with van der Waals surface area (Å²) in [5.41, 5.74) is 2.82. The largest absolute Gasteiger partial charge is 0.491 e. The number of esters is 1. The molecule has 0 fully saturated rings. The third-order valence-electron chi connectivity index (χ3n) is 4.54. The molecule has 5 heteroatoms. The summed E-state index contributed by atoms with van der Waals surface area (Å²) in [7, 11) is 0. The Morgan fingerprint density at radius 1 is 0.963 bits per heavy atom. The molecular formula is C22H25NO4. The Morgan fingerprint density at radius 3 is 2.30 bits per heavy atom. The molecular weight excluding hydrogens is 342 g/mol. The first-order valence-corrected chi connectivity index (χ1v) is 9.27. The topological polar surface area (TPSA) is 55.8 Å². The fourth-order valence-electron chi connectivity index (χ4n) is 3.16. The van der Waals surface area contributed by atoms with Crippen molar-refractivity contribution >= 4 is 11.9 Å². The van der Waals surface area contributed by atoms with Crippen molar-refractivity contribution in [2.45, 2.75) is 45.9 Å². The fraction of sp³-hybridized carbons (Fsp3) is 0.364. The predicted molar refractivity (Wildman–Crippen MR) is 103 cm³/mol. The van der Waals surface area contributed by atoms with Crippen molar-refractivity contribution in [2.75, 3.05) is 6.54 Å². The number of benzene rings is 2. The van der Waals surface area contributed by atoms with Crippen LogP contribution in [0.25, 0.3) is 0 Å². The first kappa shape index (κ1) is 19.0. The summed E-state index contributed by atoms with van der Waals surface area (Å²) in [5.74, 6) is 0.0135. The van der Waals surface area contributed by atoms with Gasteiger partial charge in [-0.05, 0) is 62.6 Å². The first-order valence-electron chi connectivity index (χ1n) is 9.27. The van der Waals surface area contributed by atoms with Gasteiger partial charge in [0, 0.05) is 13.1 Å². The van der Waals surface area contributed by atoms with Crippen LogP contribution in [-0.4, -0.2) is 35.5 Å². The highest BCUT2D eigenvalue weighted by molar-refractivity contribution is 5.92. The molecule has 0 bridgehead atoms. The summed E-state index contributed by atoms with van der Waals surface area (Å²) in [5, 5.41) is 0. The summed E-state index contributed by atoms with van der Waals surface area (Å²) in [6.07, 6.45) is 0.0596. The molecule has 27 heavy (non-hydrogen) atoms. The number of hydrogen-bond acceptors (Lipinski definition) is 4. The van der Waals surface area contributed by atoms with Gasteiger partial charge in [-0.2, -0.15) is 0 Å². The van der Waals surface area contributed by atoms with Gasteiger partial charge in [-0.3, -0.25) is 4.79 Å². The van der Waals surface area contributed by atoms with E-state index in [0.717, 1.165) is 12.0 Å². The molecule has 3 rings (SSSR count). The quantitative estimate of drug-likeness (QED) is 0.758. The molecule has 0 saturated carbocycles. The maximum Gasteiger partial charge on any atom is 0.338 e. The highest BCUT2D eigenvalue weighted by Crippen LogP contribution is 2.20. The van der Waals surface area contributed by atoms with Gasteiger partial charge in [-0.1, -0.05) is 24.3 Å². The van der Waals surface area contributed by atoms with Gasteiger partial charge in [-0.25, -0.2) is 4.79 Å². The van der Waals surface area contributed by atoms with Crippen molar-refractivity contribution in [3.05, 3.63) is 65.2 Å². The molecule has 5 nitrogen and oxygen atoms in total. The van der Waals surface area contributed by atoms with Crippen LogP contribution in [-0.2, 0) is 22.5 Å². The molecule has 0 N–H and O–H groups in total. The zero-order valence-electron chi connectivity index (χ0n) is 16.0. The van der Waals surface area contributed by atoms with E-state index in [2.05, 4.69) is 6.07 Å². The molecule has 0 aromatic heterocycles. The van der Waals surface area contributed by atoms with Gasteiger partial charge in [0.1, 0.15) is 5.75 Å². The second-order valence-electron chi connectivity index (χ2n) is 7.02. The molecule has 142 valence electrons. The summed E-state index contributed by atoms with van der Waals surface area (Å²) in [6.45, 7) is 6.69. The van der Waals surface area contributed by atoms with Crippen molar-refractivity contribution in [1.29, 1.82) is 0 Å². The average molecular weight is 367 g/mol. The number of nitrogens with zero attached hydrogens (tertiary/aromatic N) is 1. The van der Waals surface area contributed by atoms with Gasteiger partial charge >= 0.3 is 5.97 Å². The normalized spacial score (nSPS) is 14.4. The van der Waals surface area contributed by atoms with E-state index in [0.29, 0.717) is 24.4 Å². The van der Waals surface area contributed by atoms with Gasteiger partial charge in [0.2, 0.25) is 0 Å². The van der Waals surface area contributed by atoms with Crippen LogP contribution in [0, 0.1) is 0 Å². The lowest BCUT2D eigenvalue weighted by Gasteiger charge is -2.30. The van der Waals surface area contributed by atoms with Gasteiger partial charge in [0.25, 0.3) is 5.91 Å². The van der Waals surface area contributed by atoms with Crippen LogP contribution in [0.2, 0.25) is 0 Å². The molecule has 1 aliphatic rings.